The molecule has 3 nitrogen and oxygen atoms in total. The van der Waals surface area contributed by atoms with Gasteiger partial charge in [-0.25, -0.2) is 4.79 Å². The molecular formula is C10H20O3Si. The lowest BCUT2D eigenvalue weighted by Crippen LogP contribution is -2.40. The van der Waals surface area contributed by atoms with Crippen molar-refractivity contribution in [2.75, 3.05) is 7.11 Å². The minimum atomic E-state index is -1.55. The first kappa shape index (κ1) is 13.4. The molecule has 0 aliphatic carbocycles. The number of carboxylic acid groups (broad SMARTS) is 1. The number of rotatable bonds is 5. The van der Waals surface area contributed by atoms with Gasteiger partial charge in [0.15, 0.2) is 6.10 Å². The lowest BCUT2D eigenvalue weighted by molar-refractivity contribution is -0.148. The van der Waals surface area contributed by atoms with Crippen molar-refractivity contribution < 1.29 is 14.6 Å². The van der Waals surface area contributed by atoms with Gasteiger partial charge in [0.1, 0.15) is 0 Å². The number of allylic oxidation sites excluding steroid dienone is 1. The summed E-state index contributed by atoms with van der Waals surface area (Å²) in [6.07, 6.45) is 3.14. The third kappa shape index (κ3) is 3.63. The molecule has 0 bridgehead atoms. The summed E-state index contributed by atoms with van der Waals surface area (Å²) < 4.78 is 5.04. The molecule has 0 saturated carbocycles. The highest BCUT2D eigenvalue weighted by Gasteiger charge is 2.35. The zero-order valence-corrected chi connectivity index (χ0v) is 10.6. The smallest absolute Gasteiger partial charge is 0.333 e. The molecule has 1 N–H and O–H groups in total. The van der Waals surface area contributed by atoms with Crippen LogP contribution < -0.4 is 0 Å². The maximum Gasteiger partial charge on any atom is 0.333 e. The largest absolute Gasteiger partial charge is 0.479 e. The van der Waals surface area contributed by atoms with Crippen molar-refractivity contribution >= 4 is 14.0 Å². The molecular weight excluding hydrogens is 196 g/mol. The summed E-state index contributed by atoms with van der Waals surface area (Å²) in [6, 6.07) is 0. The van der Waals surface area contributed by atoms with E-state index in [0.29, 0.717) is 0 Å². The van der Waals surface area contributed by atoms with Crippen molar-refractivity contribution in [2.24, 2.45) is 0 Å². The molecule has 0 spiro atoms. The molecule has 0 radical (unpaired) electrons. The summed E-state index contributed by atoms with van der Waals surface area (Å²) >= 11 is 0. The number of carbonyl (C=O) groups is 1. The van der Waals surface area contributed by atoms with Crippen molar-refractivity contribution in [3.8, 4) is 0 Å². The molecule has 0 aliphatic rings. The third-order valence-corrected chi connectivity index (χ3v) is 4.72. The van der Waals surface area contributed by atoms with Crippen molar-refractivity contribution in [3.63, 3.8) is 0 Å². The van der Waals surface area contributed by atoms with Crippen LogP contribution in [0.3, 0.4) is 0 Å². The zero-order valence-electron chi connectivity index (χ0n) is 9.57. The average molecular weight is 216 g/mol. The van der Waals surface area contributed by atoms with E-state index < -0.39 is 20.1 Å². The standard InChI is InChI=1S/C10H20O3Si/c1-6-7-8(14(3,4)5)9(13-2)10(11)12/h6-9H,1-5H3,(H,11,12)/b7-6+/t8-,9-/m1/s1. The number of hydrogen-bond donors (Lipinski definition) is 1. The minimum absolute atomic E-state index is 0.0231. The Labute approximate surface area is 86.8 Å². The Morgan fingerprint density at radius 3 is 2.14 bits per heavy atom. The van der Waals surface area contributed by atoms with E-state index in [2.05, 4.69) is 19.6 Å². The van der Waals surface area contributed by atoms with Crippen molar-refractivity contribution in [1.29, 1.82) is 0 Å². The minimum Gasteiger partial charge on any atom is -0.479 e. The fourth-order valence-corrected chi connectivity index (χ4v) is 3.41. The number of hydrogen-bond acceptors (Lipinski definition) is 2. The van der Waals surface area contributed by atoms with Crippen LogP contribution >= 0.6 is 0 Å². The fourth-order valence-electron chi connectivity index (χ4n) is 1.45. The van der Waals surface area contributed by atoms with Gasteiger partial charge < -0.3 is 9.84 Å². The summed E-state index contributed by atoms with van der Waals surface area (Å²) in [5, 5.41) is 9.00. The zero-order chi connectivity index (χ0) is 11.4. The molecule has 0 aromatic heterocycles. The van der Waals surface area contributed by atoms with Gasteiger partial charge in [-0.15, -0.1) is 0 Å². The highest BCUT2D eigenvalue weighted by Crippen LogP contribution is 2.29. The summed E-state index contributed by atoms with van der Waals surface area (Å²) in [7, 11) is -0.0933. The topological polar surface area (TPSA) is 46.5 Å². The van der Waals surface area contributed by atoms with Crippen LogP contribution in [0.25, 0.3) is 0 Å². The fraction of sp³-hybridized carbons (Fsp3) is 0.700. The molecule has 0 aromatic carbocycles. The average Bonchev–Trinajstić information content (AvgIpc) is 2.02. The van der Waals surface area contributed by atoms with Crippen LogP contribution in [-0.2, 0) is 9.53 Å². The summed E-state index contributed by atoms with van der Waals surface area (Å²) in [6.45, 7) is 8.34. The van der Waals surface area contributed by atoms with Gasteiger partial charge in [-0.2, -0.15) is 0 Å². The van der Waals surface area contributed by atoms with Gasteiger partial charge >= 0.3 is 5.97 Å². The van der Waals surface area contributed by atoms with E-state index in [1.165, 1.54) is 7.11 Å². The molecule has 0 aliphatic heterocycles. The quantitative estimate of drug-likeness (QED) is 0.567. The second-order valence-electron chi connectivity index (χ2n) is 4.41. The Hall–Kier alpha value is -0.613. The maximum absolute atomic E-state index is 11.0. The van der Waals surface area contributed by atoms with E-state index in [1.807, 2.05) is 19.1 Å². The first-order valence-corrected chi connectivity index (χ1v) is 8.30. The molecule has 0 heterocycles. The molecule has 2 atom stereocenters. The Morgan fingerprint density at radius 2 is 1.93 bits per heavy atom. The van der Waals surface area contributed by atoms with E-state index in [-0.39, 0.29) is 5.54 Å². The highest BCUT2D eigenvalue weighted by atomic mass is 28.3. The number of carboxylic acids is 1. The van der Waals surface area contributed by atoms with Gasteiger partial charge in [-0.05, 0) is 6.92 Å². The molecule has 0 rings (SSSR count). The second kappa shape index (κ2) is 5.31. The SMILES string of the molecule is C/C=C/[C@H]([C@@H](OC)C(=O)O)[Si](C)(C)C. The normalized spacial score (nSPS) is 16.9. The van der Waals surface area contributed by atoms with Gasteiger partial charge in [0.05, 0.1) is 8.07 Å². The van der Waals surface area contributed by atoms with E-state index in [4.69, 9.17) is 9.84 Å². The lowest BCUT2D eigenvalue weighted by Gasteiger charge is -2.30. The molecule has 0 unspecified atom stereocenters. The molecule has 82 valence electrons. The van der Waals surface area contributed by atoms with Crippen LogP contribution in [0.2, 0.25) is 25.2 Å². The van der Waals surface area contributed by atoms with Gasteiger partial charge in [-0.1, -0.05) is 31.8 Å². The summed E-state index contributed by atoms with van der Waals surface area (Å²) in [5.41, 5.74) is 0.0231. The van der Waals surface area contributed by atoms with Crippen LogP contribution in [0.15, 0.2) is 12.2 Å². The predicted octanol–water partition coefficient (Wildman–Crippen LogP) is 2.37. The lowest BCUT2D eigenvalue weighted by atomic mass is 10.2. The van der Waals surface area contributed by atoms with Gasteiger partial charge in [0, 0.05) is 12.7 Å². The van der Waals surface area contributed by atoms with Crippen molar-refractivity contribution in [2.45, 2.75) is 38.2 Å². The third-order valence-electron chi connectivity index (χ3n) is 2.22. The second-order valence-corrected chi connectivity index (χ2v) is 9.81. The van der Waals surface area contributed by atoms with Gasteiger partial charge in [0.25, 0.3) is 0 Å². The van der Waals surface area contributed by atoms with Gasteiger partial charge in [0.2, 0.25) is 0 Å². The van der Waals surface area contributed by atoms with Gasteiger partial charge in [-0.3, -0.25) is 0 Å². The Bertz CT molecular complexity index is 218. The van der Waals surface area contributed by atoms with E-state index in [0.717, 1.165) is 0 Å². The summed E-state index contributed by atoms with van der Waals surface area (Å²) in [5.74, 6) is -0.877. The Kier molecular flexibility index (Phi) is 5.08. The molecule has 14 heavy (non-hydrogen) atoms. The first-order chi connectivity index (χ1) is 6.34. The van der Waals surface area contributed by atoms with Crippen molar-refractivity contribution in [3.05, 3.63) is 12.2 Å². The number of methoxy groups -OCH3 is 1. The molecule has 0 aromatic rings. The van der Waals surface area contributed by atoms with Crippen LogP contribution in [-0.4, -0.2) is 32.4 Å². The van der Waals surface area contributed by atoms with E-state index >= 15 is 0 Å². The Balaban J connectivity index is 4.88. The van der Waals surface area contributed by atoms with E-state index in [9.17, 15) is 4.79 Å². The van der Waals surface area contributed by atoms with Crippen molar-refractivity contribution in [1.82, 2.24) is 0 Å². The number of aliphatic carboxylic acids is 1. The van der Waals surface area contributed by atoms with Crippen LogP contribution in [0.1, 0.15) is 6.92 Å². The first-order valence-electron chi connectivity index (χ1n) is 4.73. The molecule has 4 heteroatoms. The Morgan fingerprint density at radius 1 is 1.43 bits per heavy atom. The highest BCUT2D eigenvalue weighted by molar-refractivity contribution is 6.78. The van der Waals surface area contributed by atoms with Crippen LogP contribution in [0.5, 0.6) is 0 Å². The number of ether oxygens (including phenoxy) is 1. The monoisotopic (exact) mass is 216 g/mol. The maximum atomic E-state index is 11.0. The van der Waals surface area contributed by atoms with Crippen LogP contribution in [0, 0.1) is 0 Å². The van der Waals surface area contributed by atoms with Crippen LogP contribution in [0.4, 0.5) is 0 Å². The van der Waals surface area contributed by atoms with E-state index in [1.54, 1.807) is 0 Å². The summed E-state index contributed by atoms with van der Waals surface area (Å²) in [4.78, 5) is 11.0. The molecule has 0 saturated heterocycles. The predicted molar refractivity (Wildman–Crippen MR) is 60.3 cm³/mol. The molecule has 0 fully saturated rings. The molecule has 0 amide bonds.